The molecule has 0 aliphatic carbocycles. The molecule has 6 heteroatoms. The molecule has 0 bridgehead atoms. The van der Waals surface area contributed by atoms with Crippen LogP contribution >= 0.6 is 0 Å². The Labute approximate surface area is 106 Å². The molecule has 1 aromatic heterocycles. The lowest BCUT2D eigenvalue weighted by Crippen LogP contribution is -2.14. The van der Waals surface area contributed by atoms with E-state index in [1.807, 2.05) is 13.8 Å². The molecule has 0 spiro atoms. The summed E-state index contributed by atoms with van der Waals surface area (Å²) in [6, 6.07) is 1.26. The molecule has 6 nitrogen and oxygen atoms in total. The van der Waals surface area contributed by atoms with Crippen LogP contribution in [0.5, 0.6) is 0 Å². The molecule has 1 rings (SSSR count). The second-order valence-corrected chi connectivity index (χ2v) is 4.23. The summed E-state index contributed by atoms with van der Waals surface area (Å²) >= 11 is 0. The first-order valence-corrected chi connectivity index (χ1v) is 6.01. The number of aromatic nitrogens is 1. The van der Waals surface area contributed by atoms with Crippen molar-refractivity contribution in [2.45, 2.75) is 33.7 Å². The monoisotopic (exact) mass is 254 g/mol. The molecule has 0 N–H and O–H groups in total. The highest BCUT2D eigenvalue weighted by atomic mass is 16.6. The molecule has 0 radical (unpaired) electrons. The third-order valence-corrected chi connectivity index (χ3v) is 2.78. The summed E-state index contributed by atoms with van der Waals surface area (Å²) < 4.78 is 6.50. The number of esters is 1. The first kappa shape index (κ1) is 14.2. The van der Waals surface area contributed by atoms with E-state index in [-0.39, 0.29) is 18.0 Å². The number of ether oxygens (including phenoxy) is 1. The number of hydrogen-bond donors (Lipinski definition) is 0. The molecule has 0 amide bonds. The Bertz CT molecular complexity index is 439. The highest BCUT2D eigenvalue weighted by Crippen LogP contribution is 2.19. The zero-order valence-corrected chi connectivity index (χ0v) is 10.9. The van der Waals surface area contributed by atoms with Gasteiger partial charge in [-0.2, -0.15) is 0 Å². The van der Waals surface area contributed by atoms with E-state index in [2.05, 4.69) is 0 Å². The molecule has 0 fully saturated rings. The van der Waals surface area contributed by atoms with Crippen LogP contribution in [-0.2, 0) is 11.3 Å². The third kappa shape index (κ3) is 3.32. The van der Waals surface area contributed by atoms with E-state index in [9.17, 15) is 14.9 Å². The largest absolute Gasteiger partial charge is 0.461 e. The van der Waals surface area contributed by atoms with Crippen molar-refractivity contribution >= 4 is 11.7 Å². The maximum Gasteiger partial charge on any atom is 0.355 e. The number of nitrogens with zero attached hydrogens (tertiary/aromatic N) is 2. The standard InChI is InChI=1S/C12H18N2O4/c1-4-9(3)7-13-8-10(14(16)17)6-11(13)12(15)18-5-2/h6,8-9H,4-5,7H2,1-3H3. The molecular weight excluding hydrogens is 236 g/mol. The number of hydrogen-bond acceptors (Lipinski definition) is 4. The Kier molecular flexibility index (Phi) is 4.88. The number of carbonyl (C=O) groups is 1. The van der Waals surface area contributed by atoms with E-state index in [0.29, 0.717) is 12.5 Å². The zero-order valence-electron chi connectivity index (χ0n) is 10.9. The molecular formula is C12H18N2O4. The summed E-state index contributed by atoms with van der Waals surface area (Å²) in [5, 5.41) is 10.7. The minimum absolute atomic E-state index is 0.0821. The topological polar surface area (TPSA) is 74.4 Å². The fourth-order valence-corrected chi connectivity index (χ4v) is 1.59. The summed E-state index contributed by atoms with van der Waals surface area (Å²) in [6.45, 7) is 6.58. The molecule has 18 heavy (non-hydrogen) atoms. The van der Waals surface area contributed by atoms with Crippen molar-refractivity contribution in [3.63, 3.8) is 0 Å². The van der Waals surface area contributed by atoms with Gasteiger partial charge in [-0.3, -0.25) is 10.1 Å². The van der Waals surface area contributed by atoms with Crippen molar-refractivity contribution in [1.82, 2.24) is 4.57 Å². The van der Waals surface area contributed by atoms with Gasteiger partial charge < -0.3 is 9.30 Å². The highest BCUT2D eigenvalue weighted by Gasteiger charge is 2.20. The Morgan fingerprint density at radius 1 is 1.56 bits per heavy atom. The van der Waals surface area contributed by atoms with Gasteiger partial charge in [0.2, 0.25) is 0 Å². The second-order valence-electron chi connectivity index (χ2n) is 4.23. The van der Waals surface area contributed by atoms with Gasteiger partial charge in [0.25, 0.3) is 5.69 Å². The Morgan fingerprint density at radius 3 is 2.72 bits per heavy atom. The van der Waals surface area contributed by atoms with Gasteiger partial charge in [-0.05, 0) is 12.8 Å². The number of nitro groups is 1. The van der Waals surface area contributed by atoms with Crippen molar-refractivity contribution in [3.8, 4) is 0 Å². The van der Waals surface area contributed by atoms with Gasteiger partial charge in [0.1, 0.15) is 5.69 Å². The van der Waals surface area contributed by atoms with Gasteiger partial charge in [-0.25, -0.2) is 4.79 Å². The summed E-state index contributed by atoms with van der Waals surface area (Å²) in [5.41, 5.74) is 0.158. The van der Waals surface area contributed by atoms with Crippen LogP contribution in [0, 0.1) is 16.0 Å². The van der Waals surface area contributed by atoms with Crippen molar-refractivity contribution in [3.05, 3.63) is 28.1 Å². The van der Waals surface area contributed by atoms with Crippen LogP contribution in [0.25, 0.3) is 0 Å². The van der Waals surface area contributed by atoms with Crippen LogP contribution < -0.4 is 0 Å². The molecule has 0 aliphatic heterocycles. The van der Waals surface area contributed by atoms with Gasteiger partial charge in [-0.1, -0.05) is 20.3 Å². The maximum atomic E-state index is 11.7. The smallest absolute Gasteiger partial charge is 0.355 e. The van der Waals surface area contributed by atoms with Crippen LogP contribution in [-0.4, -0.2) is 22.1 Å². The van der Waals surface area contributed by atoms with Gasteiger partial charge >= 0.3 is 5.97 Å². The Morgan fingerprint density at radius 2 is 2.22 bits per heavy atom. The molecule has 100 valence electrons. The van der Waals surface area contributed by atoms with Crippen LogP contribution in [0.4, 0.5) is 5.69 Å². The van der Waals surface area contributed by atoms with Gasteiger partial charge in [0, 0.05) is 12.6 Å². The summed E-state index contributed by atoms with van der Waals surface area (Å²) in [5.74, 6) is -0.181. The summed E-state index contributed by atoms with van der Waals surface area (Å²) in [4.78, 5) is 21.9. The lowest BCUT2D eigenvalue weighted by atomic mass is 10.1. The van der Waals surface area contributed by atoms with Crippen molar-refractivity contribution in [2.24, 2.45) is 5.92 Å². The normalized spacial score (nSPS) is 12.2. The fourth-order valence-electron chi connectivity index (χ4n) is 1.59. The zero-order chi connectivity index (χ0) is 13.7. The van der Waals surface area contributed by atoms with Crippen LogP contribution in [0.3, 0.4) is 0 Å². The van der Waals surface area contributed by atoms with E-state index >= 15 is 0 Å². The molecule has 0 aromatic carbocycles. The fraction of sp³-hybridized carbons (Fsp3) is 0.583. The molecule has 0 saturated heterocycles. The molecule has 1 heterocycles. The molecule has 1 aromatic rings. The van der Waals surface area contributed by atoms with Crippen LogP contribution in [0.1, 0.15) is 37.7 Å². The SMILES string of the molecule is CCOC(=O)c1cc([N+](=O)[O-])cn1CC(C)CC. The van der Waals surface area contributed by atoms with E-state index in [1.165, 1.54) is 12.3 Å². The van der Waals surface area contributed by atoms with Crippen molar-refractivity contribution < 1.29 is 14.5 Å². The summed E-state index contributed by atoms with van der Waals surface area (Å²) in [7, 11) is 0. The lowest BCUT2D eigenvalue weighted by Gasteiger charge is -2.12. The molecule has 0 aliphatic rings. The van der Waals surface area contributed by atoms with E-state index in [1.54, 1.807) is 11.5 Å². The average Bonchev–Trinajstić information content (AvgIpc) is 2.73. The van der Waals surface area contributed by atoms with Gasteiger partial charge in [0.15, 0.2) is 0 Å². The van der Waals surface area contributed by atoms with Crippen molar-refractivity contribution in [2.75, 3.05) is 6.61 Å². The first-order chi connectivity index (χ1) is 8.49. The molecule has 0 saturated carbocycles. The number of carbonyl (C=O) groups excluding carboxylic acids is 1. The van der Waals surface area contributed by atoms with Crippen molar-refractivity contribution in [1.29, 1.82) is 0 Å². The van der Waals surface area contributed by atoms with Gasteiger partial charge in [-0.15, -0.1) is 0 Å². The van der Waals surface area contributed by atoms with E-state index in [0.717, 1.165) is 6.42 Å². The third-order valence-electron chi connectivity index (χ3n) is 2.78. The second kappa shape index (κ2) is 6.18. The summed E-state index contributed by atoms with van der Waals surface area (Å²) in [6.07, 6.45) is 2.33. The molecule has 1 unspecified atom stereocenters. The lowest BCUT2D eigenvalue weighted by molar-refractivity contribution is -0.384. The first-order valence-electron chi connectivity index (χ1n) is 6.01. The number of rotatable bonds is 6. The molecule has 1 atom stereocenters. The maximum absolute atomic E-state index is 11.7. The van der Waals surface area contributed by atoms with E-state index in [4.69, 9.17) is 4.74 Å². The van der Waals surface area contributed by atoms with Gasteiger partial charge in [0.05, 0.1) is 17.7 Å². The van der Waals surface area contributed by atoms with E-state index < -0.39 is 10.9 Å². The minimum atomic E-state index is -0.520. The Balaban J connectivity index is 3.04. The predicted octanol–water partition coefficient (Wildman–Crippen LogP) is 2.62. The highest BCUT2D eigenvalue weighted by molar-refractivity contribution is 5.88. The quantitative estimate of drug-likeness (QED) is 0.444. The van der Waals surface area contributed by atoms with Crippen LogP contribution in [0.15, 0.2) is 12.3 Å². The van der Waals surface area contributed by atoms with Crippen LogP contribution in [0.2, 0.25) is 0 Å². The Hall–Kier alpha value is -1.85. The minimum Gasteiger partial charge on any atom is -0.461 e. The predicted molar refractivity (Wildman–Crippen MR) is 66.5 cm³/mol. The average molecular weight is 254 g/mol.